The van der Waals surface area contributed by atoms with Gasteiger partial charge in [-0.25, -0.2) is 4.52 Å². The van der Waals surface area contributed by atoms with Crippen LogP contribution in [0.15, 0.2) is 35.5 Å². The van der Waals surface area contributed by atoms with Crippen molar-refractivity contribution in [2.75, 3.05) is 6.26 Å². The van der Waals surface area contributed by atoms with Crippen molar-refractivity contribution in [3.63, 3.8) is 0 Å². The summed E-state index contributed by atoms with van der Waals surface area (Å²) >= 11 is 1.73. The molecule has 0 aliphatic heterocycles. The molecule has 0 spiro atoms. The third kappa shape index (κ3) is 1.12. The van der Waals surface area contributed by atoms with Crippen LogP contribution >= 0.6 is 11.8 Å². The summed E-state index contributed by atoms with van der Waals surface area (Å²) in [4.78, 5) is 1.24. The maximum absolute atomic E-state index is 4.13. The Bertz CT molecular complexity index is 367. The van der Waals surface area contributed by atoms with Crippen molar-refractivity contribution in [1.82, 2.24) is 9.61 Å². The van der Waals surface area contributed by atoms with Crippen molar-refractivity contribution < 1.29 is 0 Å². The number of rotatable bonds is 1. The molecule has 0 bridgehead atoms. The number of hydrogen-bond donors (Lipinski definition) is 0. The topological polar surface area (TPSA) is 17.3 Å². The first kappa shape index (κ1) is 6.73. The minimum Gasteiger partial charge on any atom is -0.240 e. The highest BCUT2D eigenvalue weighted by Crippen LogP contribution is 2.14. The minimum absolute atomic E-state index is 1.14. The van der Waals surface area contributed by atoms with E-state index < -0.39 is 0 Å². The SMILES string of the molecule is CSc1ccc2ccnn2c1. The highest BCUT2D eigenvalue weighted by atomic mass is 32.2. The number of nitrogens with zero attached hydrogens (tertiary/aromatic N) is 2. The number of aromatic nitrogens is 2. The smallest absolute Gasteiger partial charge is 0.0662 e. The van der Waals surface area contributed by atoms with E-state index in [4.69, 9.17) is 0 Å². The van der Waals surface area contributed by atoms with Gasteiger partial charge in [0, 0.05) is 17.3 Å². The summed E-state index contributed by atoms with van der Waals surface area (Å²) in [5, 5.41) is 4.13. The second-order valence-electron chi connectivity index (χ2n) is 2.27. The molecule has 2 nitrogen and oxygen atoms in total. The van der Waals surface area contributed by atoms with E-state index in [2.05, 4.69) is 23.5 Å². The van der Waals surface area contributed by atoms with Crippen LogP contribution in [0.2, 0.25) is 0 Å². The van der Waals surface area contributed by atoms with Gasteiger partial charge in [-0.05, 0) is 24.5 Å². The molecule has 0 aliphatic carbocycles. The van der Waals surface area contributed by atoms with Gasteiger partial charge in [0.25, 0.3) is 0 Å². The van der Waals surface area contributed by atoms with Crippen molar-refractivity contribution in [3.05, 3.63) is 30.6 Å². The van der Waals surface area contributed by atoms with Gasteiger partial charge >= 0.3 is 0 Å². The quantitative estimate of drug-likeness (QED) is 0.600. The average Bonchev–Trinajstić information content (AvgIpc) is 2.50. The van der Waals surface area contributed by atoms with E-state index in [1.54, 1.807) is 18.0 Å². The Morgan fingerprint density at radius 3 is 3.09 bits per heavy atom. The summed E-state index contributed by atoms with van der Waals surface area (Å²) in [5.74, 6) is 0. The normalized spacial score (nSPS) is 10.6. The molecule has 0 fully saturated rings. The molecule has 0 saturated carbocycles. The molecule has 56 valence electrons. The standard InChI is InChI=1S/C8H8N2S/c1-11-8-3-2-7-4-5-9-10(7)6-8/h2-6H,1H3. The molecule has 0 atom stereocenters. The molecule has 2 aromatic heterocycles. The zero-order chi connectivity index (χ0) is 7.68. The van der Waals surface area contributed by atoms with E-state index in [0.717, 1.165) is 5.52 Å². The van der Waals surface area contributed by atoms with E-state index in [1.165, 1.54) is 4.90 Å². The van der Waals surface area contributed by atoms with Gasteiger partial charge in [-0.3, -0.25) is 0 Å². The van der Waals surface area contributed by atoms with E-state index in [-0.39, 0.29) is 0 Å². The van der Waals surface area contributed by atoms with Gasteiger partial charge in [0.2, 0.25) is 0 Å². The minimum atomic E-state index is 1.14. The third-order valence-corrected chi connectivity index (χ3v) is 2.32. The molecule has 2 rings (SSSR count). The van der Waals surface area contributed by atoms with Gasteiger partial charge in [0.05, 0.1) is 5.52 Å². The van der Waals surface area contributed by atoms with E-state index in [9.17, 15) is 0 Å². The predicted molar refractivity (Wildman–Crippen MR) is 47.0 cm³/mol. The molecular weight excluding hydrogens is 156 g/mol. The first-order valence-corrected chi connectivity index (χ1v) is 4.60. The molecule has 3 heteroatoms. The number of hydrogen-bond acceptors (Lipinski definition) is 2. The Labute approximate surface area is 69.2 Å². The van der Waals surface area contributed by atoms with E-state index in [1.807, 2.05) is 16.8 Å². The Kier molecular flexibility index (Phi) is 1.58. The van der Waals surface area contributed by atoms with Crippen LogP contribution in [0.4, 0.5) is 0 Å². The summed E-state index contributed by atoms with van der Waals surface area (Å²) in [6.07, 6.45) is 5.89. The fourth-order valence-corrected chi connectivity index (χ4v) is 1.43. The lowest BCUT2D eigenvalue weighted by atomic mass is 10.4. The third-order valence-electron chi connectivity index (χ3n) is 1.60. The number of thioether (sulfide) groups is 1. The van der Waals surface area contributed by atoms with Crippen LogP contribution in [-0.2, 0) is 0 Å². The largest absolute Gasteiger partial charge is 0.240 e. The molecule has 0 aromatic carbocycles. The summed E-state index contributed by atoms with van der Waals surface area (Å²) in [6.45, 7) is 0. The molecule has 0 unspecified atom stereocenters. The fourth-order valence-electron chi connectivity index (χ4n) is 1.02. The van der Waals surface area contributed by atoms with Gasteiger partial charge in [-0.15, -0.1) is 11.8 Å². The van der Waals surface area contributed by atoms with Crippen LogP contribution in [0.3, 0.4) is 0 Å². The molecule has 0 amide bonds. The molecular formula is C8H8N2S. The Morgan fingerprint density at radius 2 is 2.27 bits per heavy atom. The molecule has 0 saturated heterocycles. The van der Waals surface area contributed by atoms with Gasteiger partial charge < -0.3 is 0 Å². The second kappa shape index (κ2) is 2.58. The van der Waals surface area contributed by atoms with Crippen LogP contribution in [0, 0.1) is 0 Å². The Balaban J connectivity index is 2.67. The monoisotopic (exact) mass is 164 g/mol. The highest BCUT2D eigenvalue weighted by molar-refractivity contribution is 7.98. The predicted octanol–water partition coefficient (Wildman–Crippen LogP) is 2.06. The molecule has 11 heavy (non-hydrogen) atoms. The van der Waals surface area contributed by atoms with Gasteiger partial charge in [-0.1, -0.05) is 0 Å². The van der Waals surface area contributed by atoms with Crippen molar-refractivity contribution in [2.45, 2.75) is 4.90 Å². The van der Waals surface area contributed by atoms with Gasteiger partial charge in [0.15, 0.2) is 0 Å². The lowest BCUT2D eigenvalue weighted by molar-refractivity contribution is 0.940. The molecule has 0 aliphatic rings. The average molecular weight is 164 g/mol. The van der Waals surface area contributed by atoms with Crippen LogP contribution in [0.5, 0.6) is 0 Å². The molecule has 0 radical (unpaired) electrons. The van der Waals surface area contributed by atoms with Gasteiger partial charge in [0.1, 0.15) is 0 Å². The zero-order valence-electron chi connectivity index (χ0n) is 6.19. The van der Waals surface area contributed by atoms with Crippen molar-refractivity contribution in [2.24, 2.45) is 0 Å². The first-order valence-electron chi connectivity index (χ1n) is 3.37. The second-order valence-corrected chi connectivity index (χ2v) is 3.15. The Morgan fingerprint density at radius 1 is 1.36 bits per heavy atom. The fraction of sp³-hybridized carbons (Fsp3) is 0.125. The van der Waals surface area contributed by atoms with Crippen LogP contribution < -0.4 is 0 Å². The summed E-state index contributed by atoms with van der Waals surface area (Å²) in [6, 6.07) is 6.16. The molecule has 2 heterocycles. The van der Waals surface area contributed by atoms with Crippen LogP contribution in [-0.4, -0.2) is 15.9 Å². The summed E-state index contributed by atoms with van der Waals surface area (Å²) in [5.41, 5.74) is 1.14. The van der Waals surface area contributed by atoms with Crippen LogP contribution in [0.1, 0.15) is 0 Å². The van der Waals surface area contributed by atoms with Crippen molar-refractivity contribution in [3.8, 4) is 0 Å². The molecule has 0 N–H and O–H groups in total. The zero-order valence-corrected chi connectivity index (χ0v) is 7.01. The number of pyridine rings is 1. The maximum atomic E-state index is 4.13. The van der Waals surface area contributed by atoms with Crippen molar-refractivity contribution >= 4 is 17.3 Å². The number of fused-ring (bicyclic) bond motifs is 1. The van der Waals surface area contributed by atoms with E-state index >= 15 is 0 Å². The highest BCUT2D eigenvalue weighted by Gasteiger charge is 1.93. The summed E-state index contributed by atoms with van der Waals surface area (Å²) in [7, 11) is 0. The molecule has 2 aromatic rings. The first-order chi connectivity index (χ1) is 5.40. The lowest BCUT2D eigenvalue weighted by Crippen LogP contribution is -1.85. The van der Waals surface area contributed by atoms with Crippen LogP contribution in [0.25, 0.3) is 5.52 Å². The summed E-state index contributed by atoms with van der Waals surface area (Å²) < 4.78 is 1.88. The Hall–Kier alpha value is -0.960. The van der Waals surface area contributed by atoms with Gasteiger partial charge in [-0.2, -0.15) is 5.10 Å². The lowest BCUT2D eigenvalue weighted by Gasteiger charge is -1.96. The van der Waals surface area contributed by atoms with E-state index in [0.29, 0.717) is 0 Å². The maximum Gasteiger partial charge on any atom is 0.0662 e. The van der Waals surface area contributed by atoms with Crippen molar-refractivity contribution in [1.29, 1.82) is 0 Å².